The molecule has 0 aromatic heterocycles. The molecule has 2 aliphatic rings. The summed E-state index contributed by atoms with van der Waals surface area (Å²) in [6.45, 7) is 1.30. The van der Waals surface area contributed by atoms with E-state index < -0.39 is 5.82 Å². The van der Waals surface area contributed by atoms with Crippen molar-refractivity contribution < 1.29 is 14.0 Å². The fourth-order valence-electron chi connectivity index (χ4n) is 3.84. The van der Waals surface area contributed by atoms with E-state index in [0.717, 1.165) is 19.3 Å². The summed E-state index contributed by atoms with van der Waals surface area (Å²) in [5.41, 5.74) is 6.68. The molecule has 2 saturated carbocycles. The second-order valence-electron chi connectivity index (χ2n) is 6.30. The van der Waals surface area contributed by atoms with Gasteiger partial charge in [0.1, 0.15) is 5.82 Å². The van der Waals surface area contributed by atoms with Crippen LogP contribution in [0.1, 0.15) is 26.2 Å². The highest BCUT2D eigenvalue weighted by Gasteiger charge is 2.49. The van der Waals surface area contributed by atoms with Gasteiger partial charge in [-0.15, -0.1) is 12.4 Å². The Morgan fingerprint density at radius 2 is 1.91 bits per heavy atom. The van der Waals surface area contributed by atoms with E-state index in [1.54, 1.807) is 0 Å². The molecule has 0 aliphatic heterocycles. The number of carbonyl (C=O) groups is 2. The first-order chi connectivity index (χ1) is 10.5. The average Bonchev–Trinajstić information content (AvgIpc) is 3.02. The molecule has 7 heteroatoms. The van der Waals surface area contributed by atoms with E-state index >= 15 is 0 Å². The lowest BCUT2D eigenvalue weighted by Crippen LogP contribution is -2.42. The number of halogens is 2. The molecule has 3 rings (SSSR count). The SMILES string of the molecule is CC(=O)Nc1cc(NC(=O)C2C3CCC(C3)C2N)ccc1F.Cl. The Balaban J connectivity index is 0.00000192. The van der Waals surface area contributed by atoms with Crippen molar-refractivity contribution in [1.82, 2.24) is 0 Å². The molecule has 4 N–H and O–H groups in total. The molecule has 5 nitrogen and oxygen atoms in total. The van der Waals surface area contributed by atoms with Gasteiger partial charge in [-0.2, -0.15) is 0 Å². The highest BCUT2D eigenvalue weighted by molar-refractivity contribution is 5.95. The maximum Gasteiger partial charge on any atom is 0.229 e. The van der Waals surface area contributed by atoms with Crippen molar-refractivity contribution in [3.05, 3.63) is 24.0 Å². The number of fused-ring (bicyclic) bond motifs is 2. The molecule has 126 valence electrons. The highest BCUT2D eigenvalue weighted by Crippen LogP contribution is 2.47. The van der Waals surface area contributed by atoms with Gasteiger partial charge in [0.25, 0.3) is 0 Å². The van der Waals surface area contributed by atoms with Gasteiger partial charge >= 0.3 is 0 Å². The number of carbonyl (C=O) groups excluding carboxylic acids is 2. The third-order valence-corrected chi connectivity index (χ3v) is 4.83. The van der Waals surface area contributed by atoms with E-state index in [1.807, 2.05) is 0 Å². The molecule has 0 saturated heterocycles. The lowest BCUT2D eigenvalue weighted by molar-refractivity contribution is -0.121. The lowest BCUT2D eigenvalue weighted by atomic mass is 9.84. The molecule has 1 aromatic carbocycles. The summed E-state index contributed by atoms with van der Waals surface area (Å²) < 4.78 is 13.6. The van der Waals surface area contributed by atoms with Crippen molar-refractivity contribution in [2.45, 2.75) is 32.2 Å². The fraction of sp³-hybridized carbons (Fsp3) is 0.500. The van der Waals surface area contributed by atoms with E-state index in [0.29, 0.717) is 17.5 Å². The predicted octanol–water partition coefficient (Wildman–Crippen LogP) is 2.52. The number of nitrogens with two attached hydrogens (primary N) is 1. The summed E-state index contributed by atoms with van der Waals surface area (Å²) in [5, 5.41) is 5.21. The van der Waals surface area contributed by atoms with Gasteiger partial charge in [0.2, 0.25) is 11.8 Å². The van der Waals surface area contributed by atoms with Crippen molar-refractivity contribution in [3.8, 4) is 0 Å². The van der Waals surface area contributed by atoms with Gasteiger partial charge in [-0.25, -0.2) is 4.39 Å². The van der Waals surface area contributed by atoms with E-state index in [1.165, 1.54) is 25.1 Å². The van der Waals surface area contributed by atoms with Crippen LogP contribution in [0.3, 0.4) is 0 Å². The maximum atomic E-state index is 13.6. The number of benzene rings is 1. The van der Waals surface area contributed by atoms with Crippen molar-refractivity contribution in [2.75, 3.05) is 10.6 Å². The molecule has 23 heavy (non-hydrogen) atoms. The highest BCUT2D eigenvalue weighted by atomic mass is 35.5. The molecule has 4 unspecified atom stereocenters. The van der Waals surface area contributed by atoms with Crippen molar-refractivity contribution in [1.29, 1.82) is 0 Å². The van der Waals surface area contributed by atoms with E-state index in [9.17, 15) is 14.0 Å². The summed E-state index contributed by atoms with van der Waals surface area (Å²) in [6, 6.07) is 4.04. The minimum atomic E-state index is -0.537. The number of hydrogen-bond acceptors (Lipinski definition) is 3. The first kappa shape index (κ1) is 17.7. The second kappa shape index (κ2) is 6.84. The van der Waals surface area contributed by atoms with Crippen LogP contribution >= 0.6 is 12.4 Å². The molecule has 0 radical (unpaired) electrons. The first-order valence-electron chi connectivity index (χ1n) is 7.59. The number of nitrogens with one attached hydrogen (secondary N) is 2. The van der Waals surface area contributed by atoms with E-state index in [4.69, 9.17) is 5.73 Å². The molecule has 2 aliphatic carbocycles. The topological polar surface area (TPSA) is 84.2 Å². The fourth-order valence-corrected chi connectivity index (χ4v) is 3.84. The van der Waals surface area contributed by atoms with Crippen molar-refractivity contribution in [3.63, 3.8) is 0 Å². The molecule has 2 bridgehead atoms. The van der Waals surface area contributed by atoms with Gasteiger partial charge in [-0.05, 0) is 49.3 Å². The van der Waals surface area contributed by atoms with Gasteiger partial charge in [0.05, 0.1) is 11.6 Å². The quantitative estimate of drug-likeness (QED) is 0.789. The molecule has 2 fully saturated rings. The Kier molecular flexibility index (Phi) is 5.26. The smallest absolute Gasteiger partial charge is 0.229 e. The molecular formula is C16H21ClFN3O2. The number of amides is 2. The van der Waals surface area contributed by atoms with Crippen LogP contribution in [-0.2, 0) is 9.59 Å². The van der Waals surface area contributed by atoms with Gasteiger partial charge in [0.15, 0.2) is 0 Å². The van der Waals surface area contributed by atoms with Gasteiger partial charge < -0.3 is 16.4 Å². The summed E-state index contributed by atoms with van der Waals surface area (Å²) >= 11 is 0. The largest absolute Gasteiger partial charge is 0.327 e. The van der Waals surface area contributed by atoms with Crippen LogP contribution in [0.5, 0.6) is 0 Å². The third kappa shape index (κ3) is 3.48. The normalized spacial score (nSPS) is 28.1. The van der Waals surface area contributed by atoms with E-state index in [2.05, 4.69) is 10.6 Å². The predicted molar refractivity (Wildman–Crippen MR) is 88.9 cm³/mol. The standard InChI is InChI=1S/C16H20FN3O2.ClH/c1-8(21)19-13-7-11(4-5-12(13)17)20-16(22)14-9-2-3-10(6-9)15(14)18;/h4-5,7,9-10,14-15H,2-3,6,18H2,1H3,(H,19,21)(H,20,22);1H. The van der Waals surface area contributed by atoms with Crippen LogP contribution in [-0.4, -0.2) is 17.9 Å². The zero-order valence-corrected chi connectivity index (χ0v) is 13.7. The lowest BCUT2D eigenvalue weighted by Gasteiger charge is -2.27. The Bertz CT molecular complexity index is 623. The Hall–Kier alpha value is -1.66. The minimum absolute atomic E-state index is 0. The summed E-state index contributed by atoms with van der Waals surface area (Å²) in [5.74, 6) is -0.380. The van der Waals surface area contributed by atoms with Crippen molar-refractivity contribution in [2.24, 2.45) is 23.5 Å². The minimum Gasteiger partial charge on any atom is -0.327 e. The zero-order chi connectivity index (χ0) is 15.9. The maximum absolute atomic E-state index is 13.6. The Morgan fingerprint density at radius 1 is 1.22 bits per heavy atom. The third-order valence-electron chi connectivity index (χ3n) is 4.83. The van der Waals surface area contributed by atoms with Crippen LogP contribution < -0.4 is 16.4 Å². The Labute approximate surface area is 140 Å². The van der Waals surface area contributed by atoms with Crippen LogP contribution in [0.15, 0.2) is 18.2 Å². The monoisotopic (exact) mass is 341 g/mol. The second-order valence-corrected chi connectivity index (χ2v) is 6.30. The number of rotatable bonds is 3. The molecule has 4 atom stereocenters. The van der Waals surface area contributed by atoms with Crippen LogP contribution in [0.2, 0.25) is 0 Å². The average molecular weight is 342 g/mol. The number of anilines is 2. The number of hydrogen-bond donors (Lipinski definition) is 3. The Morgan fingerprint density at radius 3 is 2.52 bits per heavy atom. The van der Waals surface area contributed by atoms with Gasteiger partial charge in [-0.3, -0.25) is 9.59 Å². The van der Waals surface area contributed by atoms with Gasteiger partial charge in [-0.1, -0.05) is 0 Å². The molecular weight excluding hydrogens is 321 g/mol. The summed E-state index contributed by atoms with van der Waals surface area (Å²) in [4.78, 5) is 23.5. The van der Waals surface area contributed by atoms with Crippen molar-refractivity contribution >= 4 is 35.6 Å². The molecule has 2 amide bonds. The van der Waals surface area contributed by atoms with Crippen LogP contribution in [0.25, 0.3) is 0 Å². The summed E-state index contributed by atoms with van der Waals surface area (Å²) in [6.07, 6.45) is 3.19. The van der Waals surface area contributed by atoms with Gasteiger partial charge in [0, 0.05) is 18.7 Å². The van der Waals surface area contributed by atoms with Crippen LogP contribution in [0, 0.1) is 23.6 Å². The first-order valence-corrected chi connectivity index (χ1v) is 7.59. The van der Waals surface area contributed by atoms with E-state index in [-0.39, 0.29) is 41.9 Å². The zero-order valence-electron chi connectivity index (χ0n) is 12.8. The molecule has 0 spiro atoms. The van der Waals surface area contributed by atoms with Crippen LogP contribution in [0.4, 0.5) is 15.8 Å². The molecule has 0 heterocycles. The molecule has 1 aromatic rings. The summed E-state index contributed by atoms with van der Waals surface area (Å²) in [7, 11) is 0.